The fourth-order valence-corrected chi connectivity index (χ4v) is 4.41. The van der Waals surface area contributed by atoms with Crippen molar-refractivity contribution in [2.45, 2.75) is 44.6 Å². The van der Waals surface area contributed by atoms with E-state index in [2.05, 4.69) is 79.0 Å². The zero-order chi connectivity index (χ0) is 19.0. The molecule has 0 aliphatic heterocycles. The van der Waals surface area contributed by atoms with Crippen molar-refractivity contribution in [1.29, 1.82) is 0 Å². The van der Waals surface area contributed by atoms with Crippen LogP contribution in [0.25, 0.3) is 0 Å². The lowest BCUT2D eigenvalue weighted by atomic mass is 9.76. The van der Waals surface area contributed by atoms with Crippen molar-refractivity contribution in [3.05, 3.63) is 83.4 Å². The molecule has 1 unspecified atom stereocenters. The third-order valence-electron chi connectivity index (χ3n) is 5.90. The first kappa shape index (κ1) is 22.7. The summed E-state index contributed by atoms with van der Waals surface area (Å²) in [5.74, 6) is 0.289. The maximum atomic E-state index is 6.26. The molecule has 2 nitrogen and oxygen atoms in total. The Labute approximate surface area is 176 Å². The van der Waals surface area contributed by atoms with Gasteiger partial charge >= 0.3 is 0 Å². The molecule has 152 valence electrons. The average molecular weight is 400 g/mol. The van der Waals surface area contributed by atoms with E-state index in [0.717, 1.165) is 13.1 Å². The van der Waals surface area contributed by atoms with Crippen molar-refractivity contribution in [2.75, 3.05) is 20.2 Å². The smallest absolute Gasteiger partial charge is 0.121 e. The molecule has 1 fully saturated rings. The molecule has 1 N–H and O–H groups in total. The predicted octanol–water partition coefficient (Wildman–Crippen LogP) is 6.11. The SMILES string of the molecule is COC(c1ccccc1)(c1ccccc1)C(C)CNCC=C1CCCCC1.Cl. The minimum atomic E-state index is -0.451. The lowest BCUT2D eigenvalue weighted by molar-refractivity contribution is -0.0228. The zero-order valence-electron chi connectivity index (χ0n) is 17.2. The topological polar surface area (TPSA) is 21.3 Å². The largest absolute Gasteiger partial charge is 0.368 e. The number of benzene rings is 2. The molecule has 2 aromatic carbocycles. The summed E-state index contributed by atoms with van der Waals surface area (Å²) in [4.78, 5) is 0. The van der Waals surface area contributed by atoms with Crippen LogP contribution in [0.1, 0.15) is 50.2 Å². The summed E-state index contributed by atoms with van der Waals surface area (Å²) in [5, 5.41) is 3.66. The number of rotatable bonds is 8. The molecule has 0 saturated heterocycles. The number of ether oxygens (including phenoxy) is 1. The third kappa shape index (κ3) is 5.26. The number of hydrogen-bond acceptors (Lipinski definition) is 2. The summed E-state index contributed by atoms with van der Waals surface area (Å²) < 4.78 is 6.26. The van der Waals surface area contributed by atoms with Gasteiger partial charge in [-0.1, -0.05) is 85.7 Å². The van der Waals surface area contributed by atoms with Gasteiger partial charge in [-0.2, -0.15) is 0 Å². The van der Waals surface area contributed by atoms with Crippen molar-refractivity contribution >= 4 is 12.4 Å². The average Bonchev–Trinajstić information content (AvgIpc) is 2.74. The van der Waals surface area contributed by atoms with Crippen molar-refractivity contribution in [1.82, 2.24) is 5.32 Å². The minimum absolute atomic E-state index is 0. The summed E-state index contributed by atoms with van der Waals surface area (Å²) in [7, 11) is 1.83. The number of nitrogens with one attached hydrogen (secondary N) is 1. The Bertz CT molecular complexity index is 666. The van der Waals surface area contributed by atoms with Gasteiger partial charge in [0, 0.05) is 26.1 Å². The predicted molar refractivity (Wildman–Crippen MR) is 121 cm³/mol. The molecule has 1 saturated carbocycles. The van der Waals surface area contributed by atoms with Gasteiger partial charge in [-0.3, -0.25) is 0 Å². The normalized spacial score (nSPS) is 15.6. The van der Waals surface area contributed by atoms with E-state index in [0.29, 0.717) is 0 Å². The van der Waals surface area contributed by atoms with E-state index in [1.807, 2.05) is 7.11 Å². The van der Waals surface area contributed by atoms with Crippen LogP contribution in [0.2, 0.25) is 0 Å². The lowest BCUT2D eigenvalue weighted by Gasteiger charge is -2.39. The second-order valence-corrected chi connectivity index (χ2v) is 7.65. The molecule has 28 heavy (non-hydrogen) atoms. The van der Waals surface area contributed by atoms with Gasteiger partial charge in [0.05, 0.1) is 0 Å². The first-order valence-electron chi connectivity index (χ1n) is 10.3. The van der Waals surface area contributed by atoms with Crippen molar-refractivity contribution < 1.29 is 4.74 Å². The van der Waals surface area contributed by atoms with Gasteiger partial charge in [0.2, 0.25) is 0 Å². The van der Waals surface area contributed by atoms with Gasteiger partial charge in [-0.05, 0) is 36.8 Å². The standard InChI is InChI=1S/C25H33NO.ClH/c1-21(20-26-19-18-22-12-6-3-7-13-22)25(27-2,23-14-8-4-9-15-23)24-16-10-5-11-17-24;/h4-5,8-11,14-18,21,26H,3,6-7,12-13,19-20H2,1-2H3;1H. The van der Waals surface area contributed by atoms with Crippen LogP contribution in [0.5, 0.6) is 0 Å². The molecule has 1 atom stereocenters. The van der Waals surface area contributed by atoms with Crippen molar-refractivity contribution in [2.24, 2.45) is 5.92 Å². The van der Waals surface area contributed by atoms with Gasteiger partial charge in [0.25, 0.3) is 0 Å². The molecule has 0 bridgehead atoms. The molecule has 2 aromatic rings. The summed E-state index contributed by atoms with van der Waals surface area (Å²) >= 11 is 0. The van der Waals surface area contributed by atoms with E-state index in [-0.39, 0.29) is 18.3 Å². The Kier molecular flexibility index (Phi) is 9.24. The highest BCUT2D eigenvalue weighted by atomic mass is 35.5. The highest BCUT2D eigenvalue weighted by Crippen LogP contribution is 2.39. The summed E-state index contributed by atoms with van der Waals surface area (Å²) in [6.07, 6.45) is 9.09. The van der Waals surface area contributed by atoms with Crippen LogP contribution in [0.4, 0.5) is 0 Å². The molecule has 0 heterocycles. The van der Waals surface area contributed by atoms with Crippen LogP contribution in [0.3, 0.4) is 0 Å². The first-order chi connectivity index (χ1) is 13.3. The van der Waals surface area contributed by atoms with E-state index in [4.69, 9.17) is 4.74 Å². The van der Waals surface area contributed by atoms with Crippen LogP contribution in [0.15, 0.2) is 72.3 Å². The Morgan fingerprint density at radius 3 is 1.96 bits per heavy atom. The third-order valence-corrected chi connectivity index (χ3v) is 5.90. The second-order valence-electron chi connectivity index (χ2n) is 7.65. The number of hydrogen-bond donors (Lipinski definition) is 1. The fourth-order valence-electron chi connectivity index (χ4n) is 4.41. The zero-order valence-corrected chi connectivity index (χ0v) is 18.0. The number of methoxy groups -OCH3 is 1. The van der Waals surface area contributed by atoms with E-state index >= 15 is 0 Å². The maximum Gasteiger partial charge on any atom is 0.121 e. The Hall–Kier alpha value is -1.61. The van der Waals surface area contributed by atoms with Crippen molar-refractivity contribution in [3.8, 4) is 0 Å². The van der Waals surface area contributed by atoms with E-state index in [9.17, 15) is 0 Å². The van der Waals surface area contributed by atoms with Crippen molar-refractivity contribution in [3.63, 3.8) is 0 Å². The highest BCUT2D eigenvalue weighted by molar-refractivity contribution is 5.85. The second kappa shape index (κ2) is 11.4. The van der Waals surface area contributed by atoms with Crippen LogP contribution < -0.4 is 5.32 Å². The van der Waals surface area contributed by atoms with Gasteiger partial charge in [-0.25, -0.2) is 0 Å². The fraction of sp³-hybridized carbons (Fsp3) is 0.440. The summed E-state index contributed by atoms with van der Waals surface area (Å²) in [6.45, 7) is 4.13. The highest BCUT2D eigenvalue weighted by Gasteiger charge is 2.39. The molecule has 3 rings (SSSR count). The Morgan fingerprint density at radius 2 is 1.46 bits per heavy atom. The summed E-state index contributed by atoms with van der Waals surface area (Å²) in [6, 6.07) is 21.2. The lowest BCUT2D eigenvalue weighted by Crippen LogP contribution is -2.42. The van der Waals surface area contributed by atoms with Crippen LogP contribution in [-0.4, -0.2) is 20.2 Å². The van der Waals surface area contributed by atoms with Crippen LogP contribution in [0, 0.1) is 5.92 Å². The Balaban J connectivity index is 0.00000280. The Morgan fingerprint density at radius 1 is 0.929 bits per heavy atom. The van der Waals surface area contributed by atoms with Gasteiger partial charge in [0.1, 0.15) is 5.60 Å². The van der Waals surface area contributed by atoms with Gasteiger partial charge < -0.3 is 10.1 Å². The van der Waals surface area contributed by atoms with Crippen LogP contribution >= 0.6 is 12.4 Å². The van der Waals surface area contributed by atoms with Gasteiger partial charge in [-0.15, -0.1) is 12.4 Å². The molecular formula is C25H34ClNO. The summed E-state index contributed by atoms with van der Waals surface area (Å²) in [5.41, 5.74) is 3.59. The minimum Gasteiger partial charge on any atom is -0.368 e. The van der Waals surface area contributed by atoms with Gasteiger partial charge in [0.15, 0.2) is 0 Å². The first-order valence-corrected chi connectivity index (χ1v) is 10.3. The molecular weight excluding hydrogens is 366 g/mol. The molecule has 1 aliphatic rings. The quantitative estimate of drug-likeness (QED) is 0.426. The van der Waals surface area contributed by atoms with E-state index in [1.54, 1.807) is 5.57 Å². The maximum absolute atomic E-state index is 6.26. The monoisotopic (exact) mass is 399 g/mol. The molecule has 3 heteroatoms. The molecule has 0 aromatic heterocycles. The number of halogens is 1. The molecule has 0 amide bonds. The van der Waals surface area contributed by atoms with E-state index in [1.165, 1.54) is 43.2 Å². The van der Waals surface area contributed by atoms with E-state index < -0.39 is 5.60 Å². The molecule has 0 radical (unpaired) electrons. The molecule has 0 spiro atoms. The number of allylic oxidation sites excluding steroid dienone is 1. The molecule has 1 aliphatic carbocycles. The van der Waals surface area contributed by atoms with Crippen LogP contribution in [-0.2, 0) is 10.3 Å².